The molecule has 4 nitrogen and oxygen atoms in total. The fourth-order valence-electron chi connectivity index (χ4n) is 1.41. The summed E-state index contributed by atoms with van der Waals surface area (Å²) in [5.41, 5.74) is 0.957. The van der Waals surface area contributed by atoms with Gasteiger partial charge in [-0.3, -0.25) is 4.79 Å². The van der Waals surface area contributed by atoms with Crippen LogP contribution in [-0.2, 0) is 16.0 Å². The fraction of sp³-hybridized carbons (Fsp3) is 0.667. The van der Waals surface area contributed by atoms with E-state index < -0.39 is 0 Å². The van der Waals surface area contributed by atoms with Crippen LogP contribution in [0.1, 0.15) is 38.3 Å². The number of thiazole rings is 1. The molecule has 17 heavy (non-hydrogen) atoms. The third-order valence-electron chi connectivity index (χ3n) is 2.42. The molecule has 1 rings (SSSR count). The molecule has 0 saturated carbocycles. The van der Waals surface area contributed by atoms with E-state index in [2.05, 4.69) is 22.0 Å². The Labute approximate surface area is 106 Å². The summed E-state index contributed by atoms with van der Waals surface area (Å²) in [6.07, 6.45) is 4.69. The minimum absolute atomic E-state index is 0.185. The highest BCUT2D eigenvalue weighted by atomic mass is 32.1. The van der Waals surface area contributed by atoms with Crippen molar-refractivity contribution in [3.05, 3.63) is 11.1 Å². The van der Waals surface area contributed by atoms with Gasteiger partial charge in [0.05, 0.1) is 19.2 Å². The van der Waals surface area contributed by atoms with E-state index >= 15 is 0 Å². The Morgan fingerprint density at radius 1 is 1.53 bits per heavy atom. The number of ether oxygens (including phenoxy) is 1. The average Bonchev–Trinajstić information content (AvgIpc) is 2.79. The maximum Gasteiger partial charge on any atom is 0.305 e. The van der Waals surface area contributed by atoms with Crippen LogP contribution in [0.2, 0.25) is 0 Å². The minimum Gasteiger partial charge on any atom is -0.469 e. The largest absolute Gasteiger partial charge is 0.469 e. The second-order valence-electron chi connectivity index (χ2n) is 3.85. The molecule has 0 aliphatic rings. The fourth-order valence-corrected chi connectivity index (χ4v) is 2.18. The maximum absolute atomic E-state index is 11.0. The number of esters is 1. The van der Waals surface area contributed by atoms with E-state index in [0.29, 0.717) is 12.8 Å². The van der Waals surface area contributed by atoms with Crippen LogP contribution in [0.5, 0.6) is 0 Å². The second kappa shape index (κ2) is 8.06. The average molecular weight is 256 g/mol. The van der Waals surface area contributed by atoms with Crippen molar-refractivity contribution in [2.24, 2.45) is 0 Å². The molecule has 0 spiro atoms. The van der Waals surface area contributed by atoms with Crippen molar-refractivity contribution in [3.8, 4) is 0 Å². The number of carbonyl (C=O) groups excluding carboxylic acids is 1. The first-order chi connectivity index (χ1) is 8.26. The molecule has 0 aliphatic heterocycles. The number of nitrogens with one attached hydrogen (secondary N) is 1. The number of aryl methyl sites for hydroxylation is 1. The number of carbonyl (C=O) groups is 1. The van der Waals surface area contributed by atoms with Crippen LogP contribution in [0.25, 0.3) is 0 Å². The minimum atomic E-state index is -0.185. The standard InChI is InChI=1S/C12H20N2O2S/c1-3-4-5-8-13-12-14-10(9-17-12)6-7-11(15)16-2/h9H,3-8H2,1-2H3,(H,13,14). The second-order valence-corrected chi connectivity index (χ2v) is 4.71. The Morgan fingerprint density at radius 2 is 2.35 bits per heavy atom. The first-order valence-corrected chi connectivity index (χ1v) is 6.89. The van der Waals surface area contributed by atoms with Gasteiger partial charge in [0.2, 0.25) is 0 Å². The van der Waals surface area contributed by atoms with Crippen molar-refractivity contribution in [1.29, 1.82) is 0 Å². The van der Waals surface area contributed by atoms with Crippen molar-refractivity contribution in [2.75, 3.05) is 19.0 Å². The predicted molar refractivity (Wildman–Crippen MR) is 70.5 cm³/mol. The van der Waals surface area contributed by atoms with Gasteiger partial charge in [0.25, 0.3) is 0 Å². The van der Waals surface area contributed by atoms with Crippen molar-refractivity contribution in [1.82, 2.24) is 4.98 Å². The first-order valence-electron chi connectivity index (χ1n) is 6.01. The monoisotopic (exact) mass is 256 g/mol. The van der Waals surface area contributed by atoms with Crippen LogP contribution in [0.3, 0.4) is 0 Å². The summed E-state index contributed by atoms with van der Waals surface area (Å²) in [6, 6.07) is 0. The van der Waals surface area contributed by atoms with Crippen LogP contribution < -0.4 is 5.32 Å². The quantitative estimate of drug-likeness (QED) is 0.574. The number of unbranched alkanes of at least 4 members (excludes halogenated alkanes) is 2. The summed E-state index contributed by atoms with van der Waals surface area (Å²) >= 11 is 1.59. The highest BCUT2D eigenvalue weighted by Crippen LogP contribution is 2.16. The number of methoxy groups -OCH3 is 1. The van der Waals surface area contributed by atoms with Gasteiger partial charge in [-0.15, -0.1) is 11.3 Å². The smallest absolute Gasteiger partial charge is 0.305 e. The van der Waals surface area contributed by atoms with E-state index in [4.69, 9.17) is 0 Å². The lowest BCUT2D eigenvalue weighted by Gasteiger charge is -2.00. The first kappa shape index (κ1) is 14.0. The van der Waals surface area contributed by atoms with Crippen molar-refractivity contribution in [2.45, 2.75) is 39.0 Å². The summed E-state index contributed by atoms with van der Waals surface area (Å²) in [7, 11) is 1.41. The molecule has 1 heterocycles. The number of nitrogens with zero attached hydrogens (tertiary/aromatic N) is 1. The Bertz CT molecular complexity index is 339. The molecule has 0 amide bonds. The van der Waals surface area contributed by atoms with Crippen LogP contribution in [-0.4, -0.2) is 24.6 Å². The van der Waals surface area contributed by atoms with Crippen molar-refractivity contribution < 1.29 is 9.53 Å². The molecule has 0 aromatic carbocycles. The summed E-state index contributed by atoms with van der Waals surface area (Å²) in [5, 5.41) is 6.23. The Kier molecular flexibility index (Phi) is 6.62. The van der Waals surface area contributed by atoms with E-state index in [9.17, 15) is 4.79 Å². The third kappa shape index (κ3) is 5.68. The van der Waals surface area contributed by atoms with E-state index in [1.165, 1.54) is 26.4 Å². The molecule has 0 unspecified atom stereocenters. The van der Waals surface area contributed by atoms with Gasteiger partial charge in [0.15, 0.2) is 5.13 Å². The van der Waals surface area contributed by atoms with Gasteiger partial charge in [-0.05, 0) is 6.42 Å². The summed E-state index contributed by atoms with van der Waals surface area (Å²) < 4.78 is 4.59. The topological polar surface area (TPSA) is 51.2 Å². The van der Waals surface area contributed by atoms with Gasteiger partial charge in [-0.2, -0.15) is 0 Å². The van der Waals surface area contributed by atoms with Crippen molar-refractivity contribution >= 4 is 22.4 Å². The zero-order valence-corrected chi connectivity index (χ0v) is 11.3. The van der Waals surface area contributed by atoms with Crippen LogP contribution in [0, 0.1) is 0 Å². The molecule has 0 fully saturated rings. The molecule has 1 aromatic heterocycles. The molecule has 1 aromatic rings. The number of hydrogen-bond acceptors (Lipinski definition) is 5. The summed E-state index contributed by atoms with van der Waals surface area (Å²) in [6.45, 7) is 3.16. The van der Waals surface area contributed by atoms with Gasteiger partial charge in [-0.1, -0.05) is 19.8 Å². The van der Waals surface area contributed by atoms with Crippen molar-refractivity contribution in [3.63, 3.8) is 0 Å². The van der Waals surface area contributed by atoms with Gasteiger partial charge in [-0.25, -0.2) is 4.98 Å². The lowest BCUT2D eigenvalue weighted by molar-refractivity contribution is -0.140. The molecule has 5 heteroatoms. The Hall–Kier alpha value is -1.10. The Balaban J connectivity index is 2.25. The zero-order valence-electron chi connectivity index (χ0n) is 10.5. The molecule has 0 saturated heterocycles. The maximum atomic E-state index is 11.0. The number of rotatable bonds is 8. The molecule has 1 N–H and O–H groups in total. The number of hydrogen-bond donors (Lipinski definition) is 1. The molecule has 96 valence electrons. The molecule has 0 bridgehead atoms. The molecule has 0 aliphatic carbocycles. The van der Waals surface area contributed by atoms with Crippen LogP contribution >= 0.6 is 11.3 Å². The molecule has 0 radical (unpaired) electrons. The van der Waals surface area contributed by atoms with Crippen LogP contribution in [0.15, 0.2) is 5.38 Å². The number of aromatic nitrogens is 1. The van der Waals surface area contributed by atoms with E-state index in [1.54, 1.807) is 11.3 Å². The van der Waals surface area contributed by atoms with E-state index in [-0.39, 0.29) is 5.97 Å². The Morgan fingerprint density at radius 3 is 3.06 bits per heavy atom. The lowest BCUT2D eigenvalue weighted by atomic mass is 10.2. The number of anilines is 1. The van der Waals surface area contributed by atoms with Gasteiger partial charge < -0.3 is 10.1 Å². The predicted octanol–water partition coefficient (Wildman–Crippen LogP) is 2.85. The summed E-state index contributed by atoms with van der Waals surface area (Å²) in [4.78, 5) is 15.4. The lowest BCUT2D eigenvalue weighted by Crippen LogP contribution is -2.03. The van der Waals surface area contributed by atoms with E-state index in [0.717, 1.165) is 17.4 Å². The van der Waals surface area contributed by atoms with E-state index in [1.807, 2.05) is 5.38 Å². The van der Waals surface area contributed by atoms with Crippen LogP contribution in [0.4, 0.5) is 5.13 Å². The SMILES string of the molecule is CCCCCNc1nc(CCC(=O)OC)cs1. The molecular formula is C12H20N2O2S. The molecular weight excluding hydrogens is 236 g/mol. The van der Waals surface area contributed by atoms with Gasteiger partial charge in [0.1, 0.15) is 0 Å². The normalized spacial score (nSPS) is 10.2. The van der Waals surface area contributed by atoms with Gasteiger partial charge >= 0.3 is 5.97 Å². The highest BCUT2D eigenvalue weighted by molar-refractivity contribution is 7.13. The zero-order chi connectivity index (χ0) is 12.5. The van der Waals surface area contributed by atoms with Gasteiger partial charge in [0, 0.05) is 18.3 Å². The third-order valence-corrected chi connectivity index (χ3v) is 3.27. The molecule has 0 atom stereocenters. The summed E-state index contributed by atoms with van der Waals surface area (Å²) in [5.74, 6) is -0.185. The highest BCUT2D eigenvalue weighted by Gasteiger charge is 2.05.